The van der Waals surface area contributed by atoms with Crippen LogP contribution >= 0.6 is 23.8 Å². The summed E-state index contributed by atoms with van der Waals surface area (Å²) in [4.78, 5) is 12.6. The molecule has 3 N–H and O–H groups in total. The van der Waals surface area contributed by atoms with E-state index in [4.69, 9.17) is 29.6 Å². The number of amides is 1. The van der Waals surface area contributed by atoms with Gasteiger partial charge in [0.2, 0.25) is 5.91 Å². The van der Waals surface area contributed by atoms with E-state index in [0.717, 1.165) is 25.7 Å². The van der Waals surface area contributed by atoms with Gasteiger partial charge in [-0.25, -0.2) is 0 Å². The van der Waals surface area contributed by atoms with E-state index in [1.54, 1.807) is 24.3 Å². The van der Waals surface area contributed by atoms with Crippen LogP contribution in [0.5, 0.6) is 0 Å². The maximum atomic E-state index is 12.4. The number of thiocarbonyl (C=S) groups is 1. The van der Waals surface area contributed by atoms with Crippen molar-refractivity contribution in [3.05, 3.63) is 29.3 Å². The third kappa shape index (κ3) is 2.49. The molecule has 2 rings (SSSR count). The molecule has 0 aliphatic heterocycles. The molecule has 1 saturated carbocycles. The van der Waals surface area contributed by atoms with Crippen LogP contribution in [-0.4, -0.2) is 10.9 Å². The van der Waals surface area contributed by atoms with E-state index in [-0.39, 0.29) is 5.91 Å². The van der Waals surface area contributed by atoms with Crippen LogP contribution in [0.1, 0.15) is 25.7 Å². The standard InChI is InChI=1S/C13H15ClN2OS/c14-9-3-5-10(6-4-9)16-12(17)13(11(15)18)7-1-2-8-13/h3-6H,1-2,7-8H2,(H2,15,18)(H,16,17). The van der Waals surface area contributed by atoms with Crippen molar-refractivity contribution >= 4 is 40.4 Å². The first-order valence-corrected chi connectivity index (χ1v) is 6.70. The first kappa shape index (κ1) is 13.3. The Balaban J connectivity index is 2.15. The number of carbonyl (C=O) groups is 1. The van der Waals surface area contributed by atoms with Gasteiger partial charge in [-0.15, -0.1) is 0 Å². The van der Waals surface area contributed by atoms with Gasteiger partial charge in [0.1, 0.15) is 0 Å². The number of anilines is 1. The minimum atomic E-state index is -0.672. The molecular formula is C13H15ClN2OS. The average Bonchev–Trinajstić information content (AvgIpc) is 2.82. The zero-order chi connectivity index (χ0) is 13.2. The predicted molar refractivity (Wildman–Crippen MR) is 77.8 cm³/mol. The second-order valence-corrected chi connectivity index (χ2v) is 5.49. The summed E-state index contributed by atoms with van der Waals surface area (Å²) in [6.07, 6.45) is 3.46. The summed E-state index contributed by atoms with van der Waals surface area (Å²) in [7, 11) is 0. The van der Waals surface area contributed by atoms with Crippen molar-refractivity contribution < 1.29 is 4.79 Å². The van der Waals surface area contributed by atoms with Gasteiger partial charge >= 0.3 is 0 Å². The van der Waals surface area contributed by atoms with E-state index in [1.165, 1.54) is 0 Å². The van der Waals surface area contributed by atoms with Crippen LogP contribution in [0.2, 0.25) is 5.02 Å². The first-order valence-electron chi connectivity index (χ1n) is 5.91. The maximum absolute atomic E-state index is 12.4. The molecule has 0 saturated heterocycles. The molecule has 0 heterocycles. The van der Waals surface area contributed by atoms with E-state index in [0.29, 0.717) is 15.7 Å². The highest BCUT2D eigenvalue weighted by Crippen LogP contribution is 2.39. The van der Waals surface area contributed by atoms with Gasteiger partial charge in [-0.2, -0.15) is 0 Å². The molecule has 1 aliphatic rings. The van der Waals surface area contributed by atoms with Crippen LogP contribution in [0, 0.1) is 5.41 Å². The van der Waals surface area contributed by atoms with Crippen molar-refractivity contribution in [1.82, 2.24) is 0 Å². The first-order chi connectivity index (χ1) is 8.54. The molecule has 1 fully saturated rings. The van der Waals surface area contributed by atoms with Gasteiger partial charge in [-0.3, -0.25) is 4.79 Å². The molecule has 96 valence electrons. The average molecular weight is 283 g/mol. The van der Waals surface area contributed by atoms with Gasteiger partial charge in [0.25, 0.3) is 0 Å². The van der Waals surface area contributed by atoms with Crippen molar-refractivity contribution in [1.29, 1.82) is 0 Å². The molecule has 0 atom stereocenters. The molecule has 1 aliphatic carbocycles. The number of rotatable bonds is 3. The predicted octanol–water partition coefficient (Wildman–Crippen LogP) is 3.13. The highest BCUT2D eigenvalue weighted by Gasteiger charge is 2.43. The van der Waals surface area contributed by atoms with Gasteiger partial charge < -0.3 is 11.1 Å². The van der Waals surface area contributed by atoms with Crippen LogP contribution in [0.3, 0.4) is 0 Å². The summed E-state index contributed by atoms with van der Waals surface area (Å²) in [6.45, 7) is 0. The van der Waals surface area contributed by atoms with Gasteiger partial charge in [-0.1, -0.05) is 36.7 Å². The van der Waals surface area contributed by atoms with Crippen LogP contribution < -0.4 is 11.1 Å². The normalized spacial score (nSPS) is 17.4. The van der Waals surface area contributed by atoms with Gasteiger partial charge in [0.05, 0.1) is 10.4 Å². The number of carbonyl (C=O) groups excluding carboxylic acids is 1. The lowest BCUT2D eigenvalue weighted by Crippen LogP contribution is -2.43. The fraction of sp³-hybridized carbons (Fsp3) is 0.385. The quantitative estimate of drug-likeness (QED) is 0.838. The second-order valence-electron chi connectivity index (χ2n) is 4.61. The largest absolute Gasteiger partial charge is 0.392 e. The summed E-state index contributed by atoms with van der Waals surface area (Å²) in [5, 5.41) is 3.51. The Morgan fingerprint density at radius 3 is 2.33 bits per heavy atom. The molecule has 3 nitrogen and oxygen atoms in total. The summed E-state index contributed by atoms with van der Waals surface area (Å²) >= 11 is 10.9. The Bertz CT molecular complexity index is 466. The van der Waals surface area contributed by atoms with Crippen molar-refractivity contribution in [2.75, 3.05) is 5.32 Å². The molecule has 0 unspecified atom stereocenters. The molecule has 0 aromatic heterocycles. The molecule has 0 radical (unpaired) electrons. The minimum absolute atomic E-state index is 0.102. The fourth-order valence-electron chi connectivity index (χ4n) is 2.35. The number of nitrogens with two attached hydrogens (primary N) is 1. The molecular weight excluding hydrogens is 268 g/mol. The third-order valence-corrected chi connectivity index (χ3v) is 4.11. The van der Waals surface area contributed by atoms with E-state index in [2.05, 4.69) is 5.32 Å². The molecule has 0 spiro atoms. The van der Waals surface area contributed by atoms with E-state index < -0.39 is 5.41 Å². The van der Waals surface area contributed by atoms with Gasteiger partial charge in [0, 0.05) is 10.7 Å². The topological polar surface area (TPSA) is 55.1 Å². The zero-order valence-corrected chi connectivity index (χ0v) is 11.5. The van der Waals surface area contributed by atoms with Crippen molar-refractivity contribution in [3.8, 4) is 0 Å². The Labute approximate surface area is 117 Å². The third-order valence-electron chi connectivity index (χ3n) is 3.47. The fourth-order valence-corrected chi connectivity index (χ4v) is 2.77. The molecule has 1 aromatic carbocycles. The summed E-state index contributed by atoms with van der Waals surface area (Å²) in [6, 6.07) is 7.00. The lowest BCUT2D eigenvalue weighted by atomic mass is 9.85. The van der Waals surface area contributed by atoms with Crippen LogP contribution in [0.4, 0.5) is 5.69 Å². The molecule has 18 heavy (non-hydrogen) atoms. The molecule has 5 heteroatoms. The summed E-state index contributed by atoms with van der Waals surface area (Å²) in [5.74, 6) is -0.102. The second kappa shape index (κ2) is 5.24. The van der Waals surface area contributed by atoms with E-state index in [1.807, 2.05) is 0 Å². The van der Waals surface area contributed by atoms with Crippen molar-refractivity contribution in [3.63, 3.8) is 0 Å². The monoisotopic (exact) mass is 282 g/mol. The SMILES string of the molecule is NC(=S)C1(C(=O)Nc2ccc(Cl)cc2)CCCC1. The number of halogens is 1. The molecule has 1 amide bonds. The summed E-state index contributed by atoms with van der Waals surface area (Å²) in [5.41, 5.74) is 5.80. The minimum Gasteiger partial charge on any atom is -0.392 e. The Morgan fingerprint density at radius 2 is 1.83 bits per heavy atom. The van der Waals surface area contributed by atoms with Gasteiger partial charge in [-0.05, 0) is 37.1 Å². The maximum Gasteiger partial charge on any atom is 0.237 e. The Hall–Kier alpha value is -1.13. The van der Waals surface area contributed by atoms with Crippen LogP contribution in [0.25, 0.3) is 0 Å². The van der Waals surface area contributed by atoms with E-state index in [9.17, 15) is 4.79 Å². The Morgan fingerprint density at radius 1 is 1.28 bits per heavy atom. The van der Waals surface area contributed by atoms with Crippen LogP contribution in [-0.2, 0) is 4.79 Å². The number of hydrogen-bond acceptors (Lipinski definition) is 2. The highest BCUT2D eigenvalue weighted by atomic mass is 35.5. The summed E-state index contributed by atoms with van der Waals surface area (Å²) < 4.78 is 0. The van der Waals surface area contributed by atoms with Crippen LogP contribution in [0.15, 0.2) is 24.3 Å². The lowest BCUT2D eigenvalue weighted by Gasteiger charge is -2.26. The highest BCUT2D eigenvalue weighted by molar-refractivity contribution is 7.80. The smallest absolute Gasteiger partial charge is 0.237 e. The zero-order valence-electron chi connectivity index (χ0n) is 9.91. The molecule has 0 bridgehead atoms. The van der Waals surface area contributed by atoms with Crippen molar-refractivity contribution in [2.24, 2.45) is 11.1 Å². The van der Waals surface area contributed by atoms with Crippen molar-refractivity contribution in [2.45, 2.75) is 25.7 Å². The number of nitrogens with one attached hydrogen (secondary N) is 1. The van der Waals surface area contributed by atoms with E-state index >= 15 is 0 Å². The lowest BCUT2D eigenvalue weighted by molar-refractivity contribution is -0.122. The number of hydrogen-bond donors (Lipinski definition) is 2. The van der Waals surface area contributed by atoms with Gasteiger partial charge in [0.15, 0.2) is 0 Å². The molecule has 1 aromatic rings. The Kier molecular flexibility index (Phi) is 3.88. The number of benzene rings is 1.